The van der Waals surface area contributed by atoms with E-state index >= 15 is 0 Å². The highest BCUT2D eigenvalue weighted by atomic mass is 35.5. The highest BCUT2D eigenvalue weighted by Crippen LogP contribution is 2.18. The molecule has 102 valence electrons. The number of hydrogen-bond acceptors (Lipinski definition) is 4. The van der Waals surface area contributed by atoms with Crippen molar-refractivity contribution in [3.63, 3.8) is 0 Å². The van der Waals surface area contributed by atoms with Crippen LogP contribution in [0.3, 0.4) is 0 Å². The van der Waals surface area contributed by atoms with E-state index in [-0.39, 0.29) is 17.0 Å². The molecular weight excluding hydrogens is 280 g/mol. The van der Waals surface area contributed by atoms with Crippen LogP contribution < -0.4 is 0 Å². The lowest BCUT2D eigenvalue weighted by molar-refractivity contribution is 0.0685. The minimum atomic E-state index is -1.25. The molecule has 0 spiro atoms. The van der Waals surface area contributed by atoms with Crippen molar-refractivity contribution < 1.29 is 14.7 Å². The van der Waals surface area contributed by atoms with Gasteiger partial charge in [0.1, 0.15) is 5.82 Å². The predicted molar refractivity (Wildman–Crippen MR) is 73.3 cm³/mol. The van der Waals surface area contributed by atoms with Gasteiger partial charge in [-0.05, 0) is 18.6 Å². The first-order chi connectivity index (χ1) is 9.49. The molecule has 0 bridgehead atoms. The Labute approximate surface area is 120 Å². The fraction of sp³-hybridized carbons (Fsp3) is 0.143. The molecule has 0 aliphatic heterocycles. The number of carbonyl (C=O) groups excluding carboxylic acids is 1. The van der Waals surface area contributed by atoms with E-state index in [2.05, 4.69) is 9.97 Å². The molecule has 0 radical (unpaired) electrons. The summed E-state index contributed by atoms with van der Waals surface area (Å²) in [7, 11) is 0. The Morgan fingerprint density at radius 3 is 2.60 bits per heavy atom. The van der Waals surface area contributed by atoms with Crippen LogP contribution >= 0.6 is 11.6 Å². The van der Waals surface area contributed by atoms with Gasteiger partial charge < -0.3 is 5.11 Å². The summed E-state index contributed by atoms with van der Waals surface area (Å²) in [5.74, 6) is -1.33. The fourth-order valence-corrected chi connectivity index (χ4v) is 1.94. The molecule has 1 aromatic heterocycles. The third-order valence-corrected chi connectivity index (χ3v) is 3.10. The summed E-state index contributed by atoms with van der Waals surface area (Å²) < 4.78 is 0. The molecule has 0 saturated carbocycles. The Kier molecular flexibility index (Phi) is 4.10. The number of carbonyl (C=O) groups is 2. The second-order valence-electron chi connectivity index (χ2n) is 4.18. The first-order valence-electron chi connectivity index (χ1n) is 5.82. The van der Waals surface area contributed by atoms with Crippen molar-refractivity contribution >= 4 is 23.4 Å². The molecule has 0 atom stereocenters. The molecule has 0 saturated heterocycles. The molecule has 1 aromatic carbocycles. The molecule has 1 N–H and O–H groups in total. The minimum absolute atomic E-state index is 0.000378. The summed E-state index contributed by atoms with van der Waals surface area (Å²) in [6.45, 7) is 1.28. The zero-order valence-corrected chi connectivity index (χ0v) is 11.4. The Hall–Kier alpha value is -2.27. The van der Waals surface area contributed by atoms with Gasteiger partial charge in [0.15, 0.2) is 11.5 Å². The SMILES string of the molecule is CC(=O)c1cnc(Cc2ccccc2Cl)nc1C(=O)O. The van der Waals surface area contributed by atoms with E-state index in [0.29, 0.717) is 17.3 Å². The molecule has 2 aromatic rings. The van der Waals surface area contributed by atoms with Gasteiger partial charge in [-0.15, -0.1) is 0 Å². The number of hydrogen-bond donors (Lipinski definition) is 1. The van der Waals surface area contributed by atoms with E-state index < -0.39 is 5.97 Å². The normalized spacial score (nSPS) is 10.3. The molecule has 0 fully saturated rings. The summed E-state index contributed by atoms with van der Waals surface area (Å²) in [5.41, 5.74) is 0.510. The average Bonchev–Trinajstić information content (AvgIpc) is 2.41. The van der Waals surface area contributed by atoms with Crippen molar-refractivity contribution in [2.75, 3.05) is 0 Å². The number of ketones is 1. The molecular formula is C14H11ClN2O3. The van der Waals surface area contributed by atoms with Crippen molar-refractivity contribution in [2.45, 2.75) is 13.3 Å². The molecule has 2 rings (SSSR count). The topological polar surface area (TPSA) is 80.2 Å². The minimum Gasteiger partial charge on any atom is -0.476 e. The number of Topliss-reactive ketones (excluding diaryl/α,β-unsaturated/α-hetero) is 1. The highest BCUT2D eigenvalue weighted by Gasteiger charge is 2.17. The molecule has 0 unspecified atom stereocenters. The van der Waals surface area contributed by atoms with Crippen LogP contribution in [0, 0.1) is 0 Å². The number of carboxylic acids is 1. The summed E-state index contributed by atoms with van der Waals surface area (Å²) in [4.78, 5) is 30.4. The van der Waals surface area contributed by atoms with Crippen molar-refractivity contribution in [2.24, 2.45) is 0 Å². The van der Waals surface area contributed by atoms with Crippen LogP contribution in [0.4, 0.5) is 0 Å². The largest absolute Gasteiger partial charge is 0.476 e. The maximum atomic E-state index is 11.3. The van der Waals surface area contributed by atoms with Gasteiger partial charge >= 0.3 is 5.97 Å². The lowest BCUT2D eigenvalue weighted by Gasteiger charge is -2.06. The number of nitrogens with zero attached hydrogens (tertiary/aromatic N) is 2. The number of benzene rings is 1. The molecule has 0 aliphatic rings. The van der Waals surface area contributed by atoms with Gasteiger partial charge in [0, 0.05) is 17.6 Å². The summed E-state index contributed by atoms with van der Waals surface area (Å²) >= 11 is 6.03. The fourth-order valence-electron chi connectivity index (χ4n) is 1.74. The lowest BCUT2D eigenvalue weighted by atomic mass is 10.1. The van der Waals surface area contributed by atoms with Crippen LogP contribution in [0.25, 0.3) is 0 Å². The van der Waals surface area contributed by atoms with Gasteiger partial charge in [0.2, 0.25) is 0 Å². The monoisotopic (exact) mass is 290 g/mol. The molecule has 1 heterocycles. The molecule has 0 aliphatic carbocycles. The predicted octanol–water partition coefficient (Wildman–Crippen LogP) is 2.62. The van der Waals surface area contributed by atoms with E-state index in [1.807, 2.05) is 12.1 Å². The summed E-state index contributed by atoms with van der Waals surface area (Å²) in [5, 5.41) is 9.65. The summed E-state index contributed by atoms with van der Waals surface area (Å²) in [6.07, 6.45) is 1.54. The van der Waals surface area contributed by atoms with Crippen molar-refractivity contribution in [1.82, 2.24) is 9.97 Å². The number of halogens is 1. The second kappa shape index (κ2) is 5.79. The first-order valence-corrected chi connectivity index (χ1v) is 6.20. The number of rotatable bonds is 4. The number of aromatic carboxylic acids is 1. The van der Waals surface area contributed by atoms with Gasteiger partial charge in [-0.2, -0.15) is 0 Å². The standard InChI is InChI=1S/C14H11ClN2O3/c1-8(18)10-7-16-12(17-13(10)14(19)20)6-9-4-2-3-5-11(9)15/h2-5,7H,6H2,1H3,(H,19,20). The summed E-state index contributed by atoms with van der Waals surface area (Å²) in [6, 6.07) is 7.17. The first kappa shape index (κ1) is 14.1. The molecule has 0 amide bonds. The van der Waals surface area contributed by atoms with Crippen LogP contribution in [-0.4, -0.2) is 26.8 Å². The van der Waals surface area contributed by atoms with Crippen LogP contribution in [0.5, 0.6) is 0 Å². The van der Waals surface area contributed by atoms with E-state index in [0.717, 1.165) is 5.56 Å². The third kappa shape index (κ3) is 3.00. The lowest BCUT2D eigenvalue weighted by Crippen LogP contribution is -2.12. The van der Waals surface area contributed by atoms with E-state index in [9.17, 15) is 9.59 Å². The van der Waals surface area contributed by atoms with E-state index in [1.165, 1.54) is 13.1 Å². The van der Waals surface area contributed by atoms with Crippen LogP contribution in [0.1, 0.15) is 39.2 Å². The van der Waals surface area contributed by atoms with Crippen molar-refractivity contribution in [3.8, 4) is 0 Å². The van der Waals surface area contributed by atoms with E-state index in [4.69, 9.17) is 16.7 Å². The zero-order chi connectivity index (χ0) is 14.7. The average molecular weight is 291 g/mol. The van der Waals surface area contributed by atoms with Crippen LogP contribution in [0.15, 0.2) is 30.5 Å². The van der Waals surface area contributed by atoms with E-state index in [1.54, 1.807) is 12.1 Å². The molecule has 6 heteroatoms. The van der Waals surface area contributed by atoms with Gasteiger partial charge in [-0.1, -0.05) is 29.8 Å². The molecule has 5 nitrogen and oxygen atoms in total. The Bertz CT molecular complexity index is 686. The zero-order valence-electron chi connectivity index (χ0n) is 10.6. The maximum Gasteiger partial charge on any atom is 0.355 e. The maximum absolute atomic E-state index is 11.3. The van der Waals surface area contributed by atoms with Gasteiger partial charge in [-0.25, -0.2) is 14.8 Å². The Balaban J connectivity index is 2.40. The van der Waals surface area contributed by atoms with Gasteiger partial charge in [0.25, 0.3) is 0 Å². The van der Waals surface area contributed by atoms with Crippen molar-refractivity contribution in [1.29, 1.82) is 0 Å². The molecule has 20 heavy (non-hydrogen) atoms. The number of carboxylic acid groups (broad SMARTS) is 1. The van der Waals surface area contributed by atoms with Gasteiger partial charge in [0.05, 0.1) is 5.56 Å². The smallest absolute Gasteiger partial charge is 0.355 e. The number of aromatic nitrogens is 2. The quantitative estimate of drug-likeness (QED) is 0.876. The van der Waals surface area contributed by atoms with Gasteiger partial charge in [-0.3, -0.25) is 4.79 Å². The van der Waals surface area contributed by atoms with Crippen molar-refractivity contribution in [3.05, 3.63) is 58.1 Å². The highest BCUT2D eigenvalue weighted by molar-refractivity contribution is 6.31. The van der Waals surface area contributed by atoms with Crippen LogP contribution in [-0.2, 0) is 6.42 Å². The Morgan fingerprint density at radius 2 is 2.00 bits per heavy atom. The van der Waals surface area contributed by atoms with Crippen LogP contribution in [0.2, 0.25) is 5.02 Å². The Morgan fingerprint density at radius 1 is 1.30 bits per heavy atom. The second-order valence-corrected chi connectivity index (χ2v) is 4.59. The third-order valence-electron chi connectivity index (χ3n) is 2.73.